The number of halogens is 2. The molecule has 1 amide bonds. The lowest BCUT2D eigenvalue weighted by atomic mass is 9.95. The van der Waals surface area contributed by atoms with Crippen molar-refractivity contribution in [1.29, 1.82) is 0 Å². The molecule has 2 bridgehead atoms. The molecule has 0 spiro atoms. The van der Waals surface area contributed by atoms with Crippen LogP contribution in [0.4, 0.5) is 10.2 Å². The molecule has 0 N–H and O–H groups in total. The number of amides is 1. The predicted molar refractivity (Wildman–Crippen MR) is 157 cm³/mol. The van der Waals surface area contributed by atoms with Crippen LogP contribution < -0.4 is 9.64 Å². The van der Waals surface area contributed by atoms with Crippen molar-refractivity contribution < 1.29 is 13.9 Å². The first kappa shape index (κ1) is 25.2. The highest BCUT2D eigenvalue weighted by atomic mass is 35.5. The zero-order valence-electron chi connectivity index (χ0n) is 22.8. The van der Waals surface area contributed by atoms with Crippen molar-refractivity contribution in [1.82, 2.24) is 19.9 Å². The summed E-state index contributed by atoms with van der Waals surface area (Å²) in [4.78, 5) is 30.9. The van der Waals surface area contributed by atoms with Gasteiger partial charge in [-0.05, 0) is 61.8 Å². The molecule has 8 rings (SSSR count). The van der Waals surface area contributed by atoms with Gasteiger partial charge in [0.15, 0.2) is 5.82 Å². The van der Waals surface area contributed by atoms with Crippen LogP contribution in [-0.4, -0.2) is 57.5 Å². The number of aromatic nitrogens is 3. The standard InChI is InChI=1S/C32H31ClFN5O2/c33-24-7-2-5-21-4-1-6-22(26(21)24)28-27(34)29-23(15-35-28)30(38-16-19-8-9-20(14-19)17-38)37-31(36-29)41-18-32-11-3-13-39(32)25(40)10-12-32/h1-2,4-7,15,19-20H,3,8-14,16-18H2. The van der Waals surface area contributed by atoms with Crippen LogP contribution in [0.3, 0.4) is 0 Å². The summed E-state index contributed by atoms with van der Waals surface area (Å²) in [5, 5.41) is 2.80. The number of pyridine rings is 1. The summed E-state index contributed by atoms with van der Waals surface area (Å²) in [7, 11) is 0. The minimum absolute atomic E-state index is 0.151. The Morgan fingerprint density at radius 2 is 1.88 bits per heavy atom. The fourth-order valence-corrected chi connectivity index (χ4v) is 8.16. The van der Waals surface area contributed by atoms with Crippen LogP contribution in [-0.2, 0) is 4.79 Å². The Morgan fingerprint density at radius 1 is 1.07 bits per heavy atom. The largest absolute Gasteiger partial charge is 0.461 e. The van der Waals surface area contributed by atoms with Gasteiger partial charge in [-0.2, -0.15) is 9.97 Å². The molecule has 3 saturated heterocycles. The van der Waals surface area contributed by atoms with Gasteiger partial charge < -0.3 is 14.5 Å². The maximum absolute atomic E-state index is 16.6. The van der Waals surface area contributed by atoms with Crippen LogP contribution in [0.1, 0.15) is 44.9 Å². The number of piperidine rings is 1. The summed E-state index contributed by atoms with van der Waals surface area (Å²) in [5.74, 6) is 1.59. The normalized spacial score (nSPS) is 25.5. The summed E-state index contributed by atoms with van der Waals surface area (Å²) in [6.07, 6.45) is 8.57. The first-order valence-corrected chi connectivity index (χ1v) is 15.1. The Morgan fingerprint density at radius 3 is 2.71 bits per heavy atom. The SMILES string of the molecule is O=C1CCC2(COc3nc(N4CC5CCC(C5)C4)c4cnc(-c5cccc6cccc(Cl)c56)c(F)c4n3)CCCN12. The number of hydrogen-bond donors (Lipinski definition) is 0. The second kappa shape index (κ2) is 9.51. The molecule has 2 aromatic heterocycles. The van der Waals surface area contributed by atoms with Crippen LogP contribution in [0.15, 0.2) is 42.6 Å². The van der Waals surface area contributed by atoms with Gasteiger partial charge in [-0.15, -0.1) is 0 Å². The summed E-state index contributed by atoms with van der Waals surface area (Å²) in [6, 6.07) is 11.5. The van der Waals surface area contributed by atoms with E-state index in [0.29, 0.717) is 46.7 Å². The van der Waals surface area contributed by atoms with Crippen molar-refractivity contribution in [2.24, 2.45) is 11.8 Å². The van der Waals surface area contributed by atoms with E-state index < -0.39 is 5.82 Å². The number of anilines is 1. The van der Waals surface area contributed by atoms with E-state index in [4.69, 9.17) is 21.3 Å². The molecule has 41 heavy (non-hydrogen) atoms. The minimum atomic E-state index is -0.514. The number of nitrogens with zero attached hydrogens (tertiary/aromatic N) is 5. The third-order valence-corrected chi connectivity index (χ3v) is 10.1. The second-order valence-electron chi connectivity index (χ2n) is 12.3. The quantitative estimate of drug-likeness (QED) is 0.276. The zero-order valence-corrected chi connectivity index (χ0v) is 23.5. The van der Waals surface area contributed by atoms with Crippen LogP contribution >= 0.6 is 11.6 Å². The average molecular weight is 572 g/mol. The molecule has 1 saturated carbocycles. The van der Waals surface area contributed by atoms with E-state index in [-0.39, 0.29) is 28.7 Å². The third-order valence-electron chi connectivity index (χ3n) is 9.83. The molecular formula is C32H31ClFN5O2. The van der Waals surface area contributed by atoms with Gasteiger partial charge in [-0.25, -0.2) is 4.39 Å². The molecular weight excluding hydrogens is 541 g/mol. The molecule has 4 aliphatic rings. The molecule has 9 heteroatoms. The van der Waals surface area contributed by atoms with Gasteiger partial charge in [0.2, 0.25) is 5.91 Å². The molecule has 7 nitrogen and oxygen atoms in total. The van der Waals surface area contributed by atoms with Gasteiger partial charge in [0, 0.05) is 48.2 Å². The molecule has 4 fully saturated rings. The van der Waals surface area contributed by atoms with Crippen LogP contribution in [0.25, 0.3) is 32.9 Å². The van der Waals surface area contributed by atoms with Gasteiger partial charge in [0.1, 0.15) is 23.6 Å². The first-order valence-electron chi connectivity index (χ1n) is 14.7. The third kappa shape index (κ3) is 4.05. The first-order chi connectivity index (χ1) is 20.0. The summed E-state index contributed by atoms with van der Waals surface area (Å²) < 4.78 is 22.9. The molecule has 210 valence electrons. The Kier molecular flexibility index (Phi) is 5.85. The topological polar surface area (TPSA) is 71.5 Å². The fraction of sp³-hybridized carbons (Fsp3) is 0.438. The van der Waals surface area contributed by atoms with Crippen molar-refractivity contribution in [2.45, 2.75) is 50.5 Å². The highest BCUT2D eigenvalue weighted by Crippen LogP contribution is 2.43. The average Bonchev–Trinajstić information content (AvgIpc) is 3.65. The highest BCUT2D eigenvalue weighted by molar-refractivity contribution is 6.36. The number of benzene rings is 2. The van der Waals surface area contributed by atoms with Crippen molar-refractivity contribution in [2.75, 3.05) is 31.1 Å². The Labute approximate surface area is 242 Å². The van der Waals surface area contributed by atoms with E-state index in [1.165, 1.54) is 19.3 Å². The fourth-order valence-electron chi connectivity index (χ4n) is 7.87. The van der Waals surface area contributed by atoms with Gasteiger partial charge in [0.25, 0.3) is 0 Å². The zero-order chi connectivity index (χ0) is 27.7. The number of carbonyl (C=O) groups is 1. The van der Waals surface area contributed by atoms with E-state index in [0.717, 1.165) is 49.7 Å². The van der Waals surface area contributed by atoms with Crippen molar-refractivity contribution in [3.05, 3.63) is 53.4 Å². The number of ether oxygens (including phenoxy) is 1. The number of hydrogen-bond acceptors (Lipinski definition) is 6. The number of fused-ring (bicyclic) bond motifs is 5. The molecule has 5 heterocycles. The maximum atomic E-state index is 16.6. The monoisotopic (exact) mass is 571 g/mol. The Bertz CT molecular complexity index is 1700. The van der Waals surface area contributed by atoms with Gasteiger partial charge in [-0.3, -0.25) is 9.78 Å². The lowest BCUT2D eigenvalue weighted by Gasteiger charge is -2.34. The minimum Gasteiger partial charge on any atom is -0.461 e. The molecule has 2 aromatic carbocycles. The van der Waals surface area contributed by atoms with Crippen LogP contribution in [0.5, 0.6) is 6.01 Å². The van der Waals surface area contributed by atoms with Crippen LogP contribution in [0.2, 0.25) is 5.02 Å². The van der Waals surface area contributed by atoms with E-state index in [1.54, 1.807) is 6.20 Å². The smallest absolute Gasteiger partial charge is 0.319 e. The summed E-state index contributed by atoms with van der Waals surface area (Å²) in [5.41, 5.74) is 0.699. The van der Waals surface area contributed by atoms with Gasteiger partial charge in [-0.1, -0.05) is 41.9 Å². The second-order valence-corrected chi connectivity index (χ2v) is 12.7. The molecule has 0 radical (unpaired) electrons. The molecule has 3 atom stereocenters. The molecule has 1 aliphatic carbocycles. The molecule has 3 aliphatic heterocycles. The summed E-state index contributed by atoms with van der Waals surface area (Å²) in [6.45, 7) is 2.85. The summed E-state index contributed by atoms with van der Waals surface area (Å²) >= 11 is 6.59. The number of carbonyl (C=O) groups excluding carboxylic acids is 1. The Hall–Kier alpha value is -3.52. The van der Waals surface area contributed by atoms with Gasteiger partial charge >= 0.3 is 6.01 Å². The lowest BCUT2D eigenvalue weighted by molar-refractivity contribution is -0.130. The maximum Gasteiger partial charge on any atom is 0.319 e. The molecule has 3 unspecified atom stereocenters. The van der Waals surface area contributed by atoms with Crippen molar-refractivity contribution in [3.8, 4) is 17.3 Å². The van der Waals surface area contributed by atoms with E-state index >= 15 is 4.39 Å². The highest BCUT2D eigenvalue weighted by Gasteiger charge is 2.49. The molecule has 4 aromatic rings. The van der Waals surface area contributed by atoms with E-state index in [1.807, 2.05) is 41.3 Å². The predicted octanol–water partition coefficient (Wildman–Crippen LogP) is 6.41. The van der Waals surface area contributed by atoms with Crippen molar-refractivity contribution in [3.63, 3.8) is 0 Å². The van der Waals surface area contributed by atoms with Crippen LogP contribution in [0, 0.1) is 17.7 Å². The Balaban J connectivity index is 1.25. The van der Waals surface area contributed by atoms with E-state index in [9.17, 15) is 4.79 Å². The lowest BCUT2D eigenvalue weighted by Crippen LogP contribution is -2.45. The van der Waals surface area contributed by atoms with Crippen molar-refractivity contribution >= 4 is 45.0 Å². The van der Waals surface area contributed by atoms with Gasteiger partial charge in [0.05, 0.1) is 10.9 Å². The number of rotatable bonds is 5. The van der Waals surface area contributed by atoms with E-state index in [2.05, 4.69) is 14.9 Å².